The molecule has 5 heteroatoms. The predicted octanol–water partition coefficient (Wildman–Crippen LogP) is 4.99. The van der Waals surface area contributed by atoms with Crippen LogP contribution in [0.15, 0.2) is 39.4 Å². The predicted molar refractivity (Wildman–Crippen MR) is 86.4 cm³/mol. The fraction of sp³-hybridized carbons (Fsp3) is 0.357. The highest BCUT2D eigenvalue weighted by atomic mass is 79.9. The quantitative estimate of drug-likeness (QED) is 0.784. The van der Waals surface area contributed by atoms with Crippen LogP contribution in [0.3, 0.4) is 0 Å². The van der Waals surface area contributed by atoms with Gasteiger partial charge < -0.3 is 5.32 Å². The topological polar surface area (TPSA) is 29.9 Å². The molecule has 19 heavy (non-hydrogen) atoms. The van der Waals surface area contributed by atoms with Crippen molar-refractivity contribution in [3.05, 3.63) is 45.1 Å². The number of nitrogens with zero attached hydrogens (tertiary/aromatic N) is 2. The molecule has 0 saturated carbocycles. The lowest BCUT2D eigenvalue weighted by molar-refractivity contribution is 0.474. The molecule has 0 fully saturated rings. The van der Waals surface area contributed by atoms with E-state index in [-0.39, 0.29) is 0 Å². The first-order chi connectivity index (χ1) is 9.11. The molecule has 2 aromatic rings. The normalized spacial score (nSPS) is 12.4. The third-order valence-electron chi connectivity index (χ3n) is 3.12. The van der Waals surface area contributed by atoms with E-state index in [1.807, 2.05) is 29.1 Å². The van der Waals surface area contributed by atoms with Crippen molar-refractivity contribution >= 4 is 37.5 Å². The van der Waals surface area contributed by atoms with Gasteiger partial charge in [0.1, 0.15) is 0 Å². The summed E-state index contributed by atoms with van der Waals surface area (Å²) in [4.78, 5) is 0. The highest BCUT2D eigenvalue weighted by molar-refractivity contribution is 9.11. The summed E-state index contributed by atoms with van der Waals surface area (Å²) in [6.07, 6.45) is 3.13. The van der Waals surface area contributed by atoms with Gasteiger partial charge in [0, 0.05) is 21.2 Å². The molecule has 1 heterocycles. The molecule has 0 spiro atoms. The molecule has 1 unspecified atom stereocenters. The third-order valence-corrected chi connectivity index (χ3v) is 4.44. The first-order valence-electron chi connectivity index (χ1n) is 6.33. The van der Waals surface area contributed by atoms with Crippen molar-refractivity contribution in [2.45, 2.75) is 32.9 Å². The van der Waals surface area contributed by atoms with Gasteiger partial charge in [-0.25, -0.2) is 0 Å². The fourth-order valence-electron chi connectivity index (χ4n) is 1.75. The second kappa shape index (κ2) is 6.57. The lowest BCUT2D eigenvalue weighted by Crippen LogP contribution is -2.07. The zero-order chi connectivity index (χ0) is 13.8. The van der Waals surface area contributed by atoms with Gasteiger partial charge in [0.05, 0.1) is 17.9 Å². The van der Waals surface area contributed by atoms with Gasteiger partial charge in [-0.1, -0.05) is 13.0 Å². The Morgan fingerprint density at radius 3 is 2.58 bits per heavy atom. The Bertz CT molecular complexity index is 531. The second-order valence-electron chi connectivity index (χ2n) is 4.49. The molecule has 1 atom stereocenters. The number of aromatic nitrogens is 2. The molecule has 3 nitrogen and oxygen atoms in total. The second-order valence-corrected chi connectivity index (χ2v) is 6.20. The molecular formula is C14H17Br2N3. The van der Waals surface area contributed by atoms with Gasteiger partial charge in [0.25, 0.3) is 0 Å². The van der Waals surface area contributed by atoms with Gasteiger partial charge in [0.15, 0.2) is 0 Å². The minimum Gasteiger partial charge on any atom is -0.377 e. The summed E-state index contributed by atoms with van der Waals surface area (Å²) in [6, 6.07) is 8.54. The number of benzene rings is 1. The van der Waals surface area contributed by atoms with Crippen LogP contribution in [0.5, 0.6) is 0 Å². The van der Waals surface area contributed by atoms with Crippen molar-refractivity contribution < 1.29 is 0 Å². The smallest absolute Gasteiger partial charge is 0.0815 e. The molecule has 0 amide bonds. The third kappa shape index (κ3) is 3.60. The van der Waals surface area contributed by atoms with E-state index in [0.717, 1.165) is 26.7 Å². The minimum absolute atomic E-state index is 0.448. The maximum Gasteiger partial charge on any atom is 0.0815 e. The highest BCUT2D eigenvalue weighted by Crippen LogP contribution is 2.30. The minimum atomic E-state index is 0.448. The van der Waals surface area contributed by atoms with Crippen molar-refractivity contribution in [2.24, 2.45) is 0 Å². The van der Waals surface area contributed by atoms with E-state index < -0.39 is 0 Å². The summed E-state index contributed by atoms with van der Waals surface area (Å²) in [5, 5.41) is 7.98. The SMILES string of the molecule is CCC(C)n1ccc(CNc2c(Br)cccc2Br)n1. The molecule has 0 radical (unpaired) electrons. The summed E-state index contributed by atoms with van der Waals surface area (Å²) in [7, 11) is 0. The number of halogens is 2. The van der Waals surface area contributed by atoms with Crippen molar-refractivity contribution in [3.63, 3.8) is 0 Å². The van der Waals surface area contributed by atoms with Gasteiger partial charge in [-0.2, -0.15) is 5.10 Å². The molecule has 0 aliphatic carbocycles. The van der Waals surface area contributed by atoms with Crippen LogP contribution in [0.4, 0.5) is 5.69 Å². The number of nitrogens with one attached hydrogen (secondary N) is 1. The van der Waals surface area contributed by atoms with Crippen LogP contribution in [0.25, 0.3) is 0 Å². The fourth-order valence-corrected chi connectivity index (χ4v) is 3.03. The molecule has 2 rings (SSSR count). The van der Waals surface area contributed by atoms with Crippen LogP contribution in [0.1, 0.15) is 32.0 Å². The van der Waals surface area contributed by atoms with E-state index in [2.05, 4.69) is 62.2 Å². The number of rotatable bonds is 5. The average Bonchev–Trinajstić information content (AvgIpc) is 2.86. The Hall–Kier alpha value is -0.810. The Morgan fingerprint density at radius 2 is 1.95 bits per heavy atom. The number of anilines is 1. The summed E-state index contributed by atoms with van der Waals surface area (Å²) >= 11 is 7.08. The van der Waals surface area contributed by atoms with Gasteiger partial charge in [0.2, 0.25) is 0 Å². The van der Waals surface area contributed by atoms with E-state index in [4.69, 9.17) is 0 Å². The Morgan fingerprint density at radius 1 is 1.26 bits per heavy atom. The molecule has 102 valence electrons. The Kier molecular flexibility index (Phi) is 5.05. The van der Waals surface area contributed by atoms with E-state index in [9.17, 15) is 0 Å². The summed E-state index contributed by atoms with van der Waals surface area (Å²) in [6.45, 7) is 5.06. The molecular weight excluding hydrogens is 370 g/mol. The Balaban J connectivity index is 2.05. The maximum atomic E-state index is 4.58. The summed E-state index contributed by atoms with van der Waals surface area (Å²) in [5.41, 5.74) is 2.10. The van der Waals surface area contributed by atoms with Crippen LogP contribution in [0.2, 0.25) is 0 Å². The molecule has 0 aliphatic heterocycles. The van der Waals surface area contributed by atoms with Crippen molar-refractivity contribution in [1.29, 1.82) is 0 Å². The van der Waals surface area contributed by atoms with Crippen LogP contribution in [-0.2, 0) is 6.54 Å². The van der Waals surface area contributed by atoms with Crippen molar-refractivity contribution in [3.8, 4) is 0 Å². The lowest BCUT2D eigenvalue weighted by atomic mass is 10.3. The number of para-hydroxylation sites is 1. The summed E-state index contributed by atoms with van der Waals surface area (Å²) in [5.74, 6) is 0. The van der Waals surface area contributed by atoms with E-state index in [1.165, 1.54) is 0 Å². The molecule has 0 bridgehead atoms. The van der Waals surface area contributed by atoms with Gasteiger partial charge in [-0.15, -0.1) is 0 Å². The highest BCUT2D eigenvalue weighted by Gasteiger charge is 2.07. The molecule has 0 aliphatic rings. The van der Waals surface area contributed by atoms with Crippen LogP contribution < -0.4 is 5.32 Å². The van der Waals surface area contributed by atoms with Crippen LogP contribution in [-0.4, -0.2) is 9.78 Å². The van der Waals surface area contributed by atoms with Crippen LogP contribution >= 0.6 is 31.9 Å². The molecule has 1 N–H and O–H groups in total. The first-order valence-corrected chi connectivity index (χ1v) is 7.92. The standard InChI is InChI=1S/C14H17Br2N3/c1-3-10(2)19-8-7-11(18-19)9-17-14-12(15)5-4-6-13(14)16/h4-8,10,17H,3,9H2,1-2H3. The van der Waals surface area contributed by atoms with Crippen molar-refractivity contribution in [2.75, 3.05) is 5.32 Å². The van der Waals surface area contributed by atoms with Crippen LogP contribution in [0, 0.1) is 0 Å². The zero-order valence-electron chi connectivity index (χ0n) is 11.0. The van der Waals surface area contributed by atoms with Crippen molar-refractivity contribution in [1.82, 2.24) is 9.78 Å². The van der Waals surface area contributed by atoms with Gasteiger partial charge in [-0.3, -0.25) is 4.68 Å². The van der Waals surface area contributed by atoms with Gasteiger partial charge >= 0.3 is 0 Å². The van der Waals surface area contributed by atoms with E-state index in [1.54, 1.807) is 0 Å². The zero-order valence-corrected chi connectivity index (χ0v) is 14.2. The average molecular weight is 387 g/mol. The first kappa shape index (κ1) is 14.6. The van der Waals surface area contributed by atoms with Gasteiger partial charge in [-0.05, 0) is 63.4 Å². The Labute approximate surface area is 130 Å². The van der Waals surface area contributed by atoms with E-state index in [0.29, 0.717) is 12.6 Å². The maximum absolute atomic E-state index is 4.58. The number of hydrogen-bond acceptors (Lipinski definition) is 2. The molecule has 1 aromatic carbocycles. The number of hydrogen-bond donors (Lipinski definition) is 1. The monoisotopic (exact) mass is 385 g/mol. The van der Waals surface area contributed by atoms with E-state index >= 15 is 0 Å². The molecule has 1 aromatic heterocycles. The largest absolute Gasteiger partial charge is 0.377 e. The lowest BCUT2D eigenvalue weighted by Gasteiger charge is -2.10. The molecule has 0 saturated heterocycles. The summed E-state index contributed by atoms with van der Waals surface area (Å²) < 4.78 is 4.11.